The zero-order chi connectivity index (χ0) is 19.2. The van der Waals surface area contributed by atoms with Crippen molar-refractivity contribution >= 4 is 5.91 Å². The molecule has 2 heterocycles. The third-order valence-corrected chi connectivity index (χ3v) is 6.46. The average molecular weight is 373 g/mol. The van der Waals surface area contributed by atoms with Crippen molar-refractivity contribution in [3.63, 3.8) is 0 Å². The van der Waals surface area contributed by atoms with Crippen LogP contribution in [0.2, 0.25) is 0 Å². The van der Waals surface area contributed by atoms with Gasteiger partial charge < -0.3 is 5.32 Å². The van der Waals surface area contributed by atoms with Gasteiger partial charge in [0.25, 0.3) is 0 Å². The number of carbonyl (C=O) groups excluding carboxylic acids is 1. The summed E-state index contributed by atoms with van der Waals surface area (Å²) in [6.45, 7) is 12.0. The third kappa shape index (κ3) is 5.76. The first-order chi connectivity index (χ1) is 13.0. The molecule has 1 N–H and O–H groups in total. The summed E-state index contributed by atoms with van der Waals surface area (Å²) in [5, 5.41) is 3.16. The fraction of sp³-hybridized carbons (Fsp3) is 0.727. The molecule has 0 unspecified atom stereocenters. The van der Waals surface area contributed by atoms with E-state index in [9.17, 15) is 4.79 Å². The molecule has 27 heavy (non-hydrogen) atoms. The van der Waals surface area contributed by atoms with E-state index in [-0.39, 0.29) is 5.91 Å². The quantitative estimate of drug-likeness (QED) is 0.762. The molecule has 5 heteroatoms. The van der Waals surface area contributed by atoms with E-state index in [1.807, 2.05) is 13.1 Å². The molecular formula is C22H36N4O. The third-order valence-electron chi connectivity index (χ3n) is 6.46. The van der Waals surface area contributed by atoms with E-state index in [0.29, 0.717) is 18.5 Å². The number of carbonyl (C=O) groups is 1. The van der Waals surface area contributed by atoms with Crippen LogP contribution in [0.25, 0.3) is 0 Å². The second-order valence-electron chi connectivity index (χ2n) is 8.57. The van der Waals surface area contributed by atoms with E-state index in [2.05, 4.69) is 46.1 Å². The van der Waals surface area contributed by atoms with Crippen LogP contribution in [0.4, 0.5) is 0 Å². The maximum Gasteiger partial charge on any atom is 0.234 e. The van der Waals surface area contributed by atoms with Gasteiger partial charge >= 0.3 is 0 Å². The Labute approximate surface area is 164 Å². The highest BCUT2D eigenvalue weighted by Gasteiger charge is 2.31. The number of aryl methyl sites for hydroxylation is 1. The molecule has 150 valence electrons. The Morgan fingerprint density at radius 2 is 2.15 bits per heavy atom. The van der Waals surface area contributed by atoms with Gasteiger partial charge in [-0.25, -0.2) is 0 Å². The molecule has 2 atom stereocenters. The van der Waals surface area contributed by atoms with Crippen LogP contribution in [0, 0.1) is 18.8 Å². The van der Waals surface area contributed by atoms with Crippen molar-refractivity contribution in [2.75, 3.05) is 32.7 Å². The van der Waals surface area contributed by atoms with Crippen molar-refractivity contribution in [3.8, 4) is 0 Å². The lowest BCUT2D eigenvalue weighted by molar-refractivity contribution is -0.124. The van der Waals surface area contributed by atoms with Crippen LogP contribution in [0.15, 0.2) is 18.3 Å². The van der Waals surface area contributed by atoms with E-state index >= 15 is 0 Å². The minimum absolute atomic E-state index is 0.200. The van der Waals surface area contributed by atoms with E-state index in [1.54, 1.807) is 0 Å². The Hall–Kier alpha value is -1.46. The lowest BCUT2D eigenvalue weighted by atomic mass is 9.85. The van der Waals surface area contributed by atoms with Gasteiger partial charge in [0.15, 0.2) is 0 Å². The number of amides is 1. The summed E-state index contributed by atoms with van der Waals surface area (Å²) >= 11 is 0. The van der Waals surface area contributed by atoms with Gasteiger partial charge in [0.1, 0.15) is 0 Å². The largest absolute Gasteiger partial charge is 0.355 e. The molecule has 1 amide bonds. The molecule has 0 bridgehead atoms. The van der Waals surface area contributed by atoms with Crippen molar-refractivity contribution in [2.45, 2.75) is 59.0 Å². The molecule has 1 saturated carbocycles. The van der Waals surface area contributed by atoms with Crippen LogP contribution in [-0.4, -0.2) is 59.5 Å². The van der Waals surface area contributed by atoms with Crippen LogP contribution >= 0.6 is 0 Å². The lowest BCUT2D eigenvalue weighted by Crippen LogP contribution is -2.57. The maximum absolute atomic E-state index is 12.4. The van der Waals surface area contributed by atoms with Crippen LogP contribution in [0.1, 0.15) is 50.8 Å². The van der Waals surface area contributed by atoms with E-state index < -0.39 is 0 Å². The molecule has 2 fully saturated rings. The van der Waals surface area contributed by atoms with E-state index in [1.165, 1.54) is 24.8 Å². The minimum atomic E-state index is 0.200. The number of piperazine rings is 1. The zero-order valence-corrected chi connectivity index (χ0v) is 17.3. The smallest absolute Gasteiger partial charge is 0.234 e. The number of hydrogen-bond donors (Lipinski definition) is 1. The molecule has 1 aliphatic carbocycles. The molecule has 5 nitrogen and oxygen atoms in total. The Morgan fingerprint density at radius 1 is 1.33 bits per heavy atom. The fourth-order valence-corrected chi connectivity index (χ4v) is 4.10. The van der Waals surface area contributed by atoms with Crippen molar-refractivity contribution in [3.05, 3.63) is 29.6 Å². The first-order valence-corrected chi connectivity index (χ1v) is 10.7. The van der Waals surface area contributed by atoms with Gasteiger partial charge in [-0.1, -0.05) is 32.8 Å². The number of nitrogens with one attached hydrogen (secondary N) is 1. The summed E-state index contributed by atoms with van der Waals surface area (Å²) < 4.78 is 0. The van der Waals surface area contributed by atoms with Crippen molar-refractivity contribution in [1.29, 1.82) is 0 Å². The summed E-state index contributed by atoms with van der Waals surface area (Å²) in [6, 6.07) is 4.71. The molecule has 1 saturated heterocycles. The molecule has 2 aliphatic rings. The highest BCUT2D eigenvalue weighted by atomic mass is 16.2. The highest BCUT2D eigenvalue weighted by Crippen LogP contribution is 2.25. The van der Waals surface area contributed by atoms with Gasteiger partial charge in [-0.05, 0) is 43.2 Å². The van der Waals surface area contributed by atoms with Crippen molar-refractivity contribution in [1.82, 2.24) is 20.1 Å². The zero-order valence-electron chi connectivity index (χ0n) is 17.3. The Kier molecular flexibility index (Phi) is 7.25. The van der Waals surface area contributed by atoms with Crippen LogP contribution in [-0.2, 0) is 11.3 Å². The summed E-state index contributed by atoms with van der Waals surface area (Å²) in [5.41, 5.74) is 2.34. The van der Waals surface area contributed by atoms with Crippen LogP contribution < -0.4 is 5.32 Å². The molecule has 3 rings (SSSR count). The molecule has 1 aromatic rings. The standard InChI is InChI=1S/C22H36N4O/c1-4-17(2)21-15-25(14-20-9-8-18(3)23-13-20)10-11-26(21)16-22(27)24-12-19-6-5-7-19/h8-9,13,17,19,21H,4-7,10-12,14-16H2,1-3H3,(H,24,27)/t17-,21-/m1/s1. The SMILES string of the molecule is CC[C@@H](C)[C@H]1CN(Cc2ccc(C)nc2)CCN1CC(=O)NCC1CCC1. The van der Waals surface area contributed by atoms with Crippen molar-refractivity contribution in [2.24, 2.45) is 11.8 Å². The lowest BCUT2D eigenvalue weighted by Gasteiger charge is -2.43. The summed E-state index contributed by atoms with van der Waals surface area (Å²) in [7, 11) is 0. The predicted molar refractivity (Wildman–Crippen MR) is 109 cm³/mol. The molecule has 1 aromatic heterocycles. The van der Waals surface area contributed by atoms with E-state index in [0.717, 1.165) is 50.8 Å². The summed E-state index contributed by atoms with van der Waals surface area (Å²) in [5.74, 6) is 1.51. The second-order valence-corrected chi connectivity index (χ2v) is 8.57. The number of nitrogens with zero attached hydrogens (tertiary/aromatic N) is 3. The predicted octanol–water partition coefficient (Wildman–Crippen LogP) is 2.84. The van der Waals surface area contributed by atoms with Gasteiger partial charge in [-0.2, -0.15) is 0 Å². The van der Waals surface area contributed by atoms with Crippen molar-refractivity contribution < 1.29 is 4.79 Å². The second kappa shape index (κ2) is 9.65. The Morgan fingerprint density at radius 3 is 2.78 bits per heavy atom. The topological polar surface area (TPSA) is 48.5 Å². The van der Waals surface area contributed by atoms with E-state index in [4.69, 9.17) is 0 Å². The molecule has 1 aliphatic heterocycles. The normalized spacial score (nSPS) is 23.0. The molecule has 0 aromatic carbocycles. The van der Waals surface area contributed by atoms with Gasteiger partial charge in [0, 0.05) is 50.7 Å². The number of aromatic nitrogens is 1. The Balaban J connectivity index is 1.53. The number of hydrogen-bond acceptors (Lipinski definition) is 4. The first kappa shape index (κ1) is 20.3. The fourth-order valence-electron chi connectivity index (χ4n) is 4.10. The van der Waals surface area contributed by atoms with Gasteiger partial charge in [-0.15, -0.1) is 0 Å². The monoisotopic (exact) mass is 372 g/mol. The highest BCUT2D eigenvalue weighted by molar-refractivity contribution is 5.78. The maximum atomic E-state index is 12.4. The number of rotatable bonds is 8. The number of pyridine rings is 1. The average Bonchev–Trinajstić information content (AvgIpc) is 2.63. The van der Waals surface area contributed by atoms with Crippen LogP contribution in [0.5, 0.6) is 0 Å². The summed E-state index contributed by atoms with van der Waals surface area (Å²) in [4.78, 5) is 21.8. The Bertz CT molecular complexity index is 599. The summed E-state index contributed by atoms with van der Waals surface area (Å²) in [6.07, 6.45) is 7.03. The molecule has 0 spiro atoms. The van der Waals surface area contributed by atoms with Crippen LogP contribution in [0.3, 0.4) is 0 Å². The minimum Gasteiger partial charge on any atom is -0.355 e. The van der Waals surface area contributed by atoms with Gasteiger partial charge in [0.2, 0.25) is 5.91 Å². The molecular weight excluding hydrogens is 336 g/mol. The van der Waals surface area contributed by atoms with Gasteiger partial charge in [0.05, 0.1) is 6.54 Å². The first-order valence-electron chi connectivity index (χ1n) is 10.7. The van der Waals surface area contributed by atoms with Gasteiger partial charge in [-0.3, -0.25) is 19.6 Å². The molecule has 0 radical (unpaired) electrons.